The van der Waals surface area contributed by atoms with Gasteiger partial charge in [-0.2, -0.15) is 0 Å². The molecule has 0 aromatic rings. The van der Waals surface area contributed by atoms with Crippen molar-refractivity contribution in [3.05, 3.63) is 24.1 Å². The molecule has 8 heteroatoms. The van der Waals surface area contributed by atoms with Crippen LogP contribution >= 0.6 is 0 Å². The van der Waals surface area contributed by atoms with Gasteiger partial charge in [-0.3, -0.25) is 9.59 Å². The van der Waals surface area contributed by atoms with Crippen molar-refractivity contribution in [3.63, 3.8) is 0 Å². The molecular formula is C9H11NO7. The first-order valence-corrected chi connectivity index (χ1v) is 4.29. The summed E-state index contributed by atoms with van der Waals surface area (Å²) in [5, 5.41) is 27.1. The quantitative estimate of drug-likeness (QED) is 0.213. The van der Waals surface area contributed by atoms with E-state index in [4.69, 9.17) is 15.5 Å². The Hall–Kier alpha value is -2.35. The van der Waals surface area contributed by atoms with Gasteiger partial charge in [0.15, 0.2) is 5.76 Å². The van der Waals surface area contributed by atoms with E-state index in [9.17, 15) is 14.4 Å². The molecule has 0 aliphatic carbocycles. The van der Waals surface area contributed by atoms with E-state index in [0.29, 0.717) is 0 Å². The number of carbonyl (C=O) groups excluding carboxylic acids is 1. The Morgan fingerprint density at radius 2 is 1.82 bits per heavy atom. The van der Waals surface area contributed by atoms with Crippen LogP contribution in [0.4, 0.5) is 0 Å². The highest BCUT2D eigenvalue weighted by atomic mass is 17.1. The van der Waals surface area contributed by atoms with Gasteiger partial charge in [0.05, 0.1) is 6.42 Å². The third-order valence-electron chi connectivity index (χ3n) is 1.51. The average molecular weight is 245 g/mol. The predicted octanol–water partition coefficient (Wildman–Crippen LogP) is -0.0608. The fourth-order valence-corrected chi connectivity index (χ4v) is 0.740. The van der Waals surface area contributed by atoms with Crippen LogP contribution in [0.3, 0.4) is 0 Å². The lowest BCUT2D eigenvalue weighted by molar-refractivity contribution is -0.207. The number of hydrogen-bond acceptors (Lipinski definition) is 5. The summed E-state index contributed by atoms with van der Waals surface area (Å²) >= 11 is 0. The van der Waals surface area contributed by atoms with E-state index < -0.39 is 36.4 Å². The van der Waals surface area contributed by atoms with Gasteiger partial charge in [0.2, 0.25) is 5.91 Å². The summed E-state index contributed by atoms with van der Waals surface area (Å²) in [5.74, 6) is -3.70. The first kappa shape index (κ1) is 14.7. The molecule has 94 valence electrons. The zero-order chi connectivity index (χ0) is 13.4. The van der Waals surface area contributed by atoms with Gasteiger partial charge in [-0.15, -0.1) is 0 Å². The molecule has 4 N–H and O–H groups in total. The molecule has 0 aliphatic heterocycles. The summed E-state index contributed by atoms with van der Waals surface area (Å²) in [7, 11) is 0. The van der Waals surface area contributed by atoms with Crippen molar-refractivity contribution in [2.45, 2.75) is 12.8 Å². The lowest BCUT2D eigenvalue weighted by atomic mass is 10.2. The molecule has 0 unspecified atom stereocenters. The Balaban J connectivity index is 4.28. The minimum atomic E-state index is -1.31. The summed E-state index contributed by atoms with van der Waals surface area (Å²) in [5.41, 5.74) is -0.319. The van der Waals surface area contributed by atoms with E-state index >= 15 is 0 Å². The standard InChI is InChI=1S/C9H11NO7/c1-5(9(14)15)2-7(11)10-4-6(17-16)3-8(12)13/h4,16H,1-3H2,(H,10,11)(H,12,13)(H,14,15). The SMILES string of the molecule is C=C(CC(=O)NC=C(CC(=O)O)OO)C(=O)O. The largest absolute Gasteiger partial charge is 0.481 e. The van der Waals surface area contributed by atoms with Gasteiger partial charge in [-0.05, 0) is 0 Å². The molecule has 0 aromatic carbocycles. The molecule has 8 nitrogen and oxygen atoms in total. The minimum Gasteiger partial charge on any atom is -0.481 e. The van der Waals surface area contributed by atoms with Gasteiger partial charge < -0.3 is 20.4 Å². The van der Waals surface area contributed by atoms with Crippen LogP contribution < -0.4 is 5.32 Å². The number of nitrogens with one attached hydrogen (secondary N) is 1. The summed E-state index contributed by atoms with van der Waals surface area (Å²) in [4.78, 5) is 35.4. The van der Waals surface area contributed by atoms with Gasteiger partial charge in [-0.25, -0.2) is 10.1 Å². The second kappa shape index (κ2) is 7.01. The van der Waals surface area contributed by atoms with Crippen molar-refractivity contribution in [1.82, 2.24) is 5.32 Å². The van der Waals surface area contributed by atoms with E-state index in [1.165, 1.54) is 0 Å². The lowest BCUT2D eigenvalue weighted by Gasteiger charge is -2.02. The molecule has 0 bridgehead atoms. The van der Waals surface area contributed by atoms with E-state index in [1.807, 2.05) is 0 Å². The molecule has 0 spiro atoms. The van der Waals surface area contributed by atoms with Crippen molar-refractivity contribution in [1.29, 1.82) is 0 Å². The second-order valence-electron chi connectivity index (χ2n) is 2.93. The number of rotatable bonds is 7. The number of carboxylic acids is 2. The molecule has 1 amide bonds. The summed E-state index contributed by atoms with van der Waals surface area (Å²) in [6.45, 7) is 3.13. The van der Waals surface area contributed by atoms with Gasteiger partial charge in [0, 0.05) is 11.8 Å². The normalized spacial score (nSPS) is 10.5. The van der Waals surface area contributed by atoms with Crippen molar-refractivity contribution in [2.75, 3.05) is 0 Å². The number of aliphatic carboxylic acids is 2. The Kier molecular flexibility index (Phi) is 6.04. The molecule has 0 atom stereocenters. The average Bonchev–Trinajstić information content (AvgIpc) is 2.23. The third-order valence-corrected chi connectivity index (χ3v) is 1.51. The number of carboxylic acid groups (broad SMARTS) is 2. The minimum absolute atomic E-state index is 0.319. The van der Waals surface area contributed by atoms with Crippen molar-refractivity contribution >= 4 is 17.8 Å². The van der Waals surface area contributed by atoms with Gasteiger partial charge in [0.25, 0.3) is 0 Å². The molecule has 0 saturated heterocycles. The zero-order valence-corrected chi connectivity index (χ0v) is 8.67. The van der Waals surface area contributed by atoms with E-state index in [1.54, 1.807) is 0 Å². The highest BCUT2D eigenvalue weighted by Crippen LogP contribution is 2.01. The monoisotopic (exact) mass is 245 g/mol. The van der Waals surface area contributed by atoms with Crippen LogP contribution in [0.2, 0.25) is 0 Å². The summed E-state index contributed by atoms with van der Waals surface area (Å²) in [6.07, 6.45) is -0.264. The maximum Gasteiger partial charge on any atom is 0.331 e. The molecule has 0 aliphatic rings. The van der Waals surface area contributed by atoms with E-state index in [-0.39, 0.29) is 5.57 Å². The molecule has 17 heavy (non-hydrogen) atoms. The van der Waals surface area contributed by atoms with Crippen LogP contribution in [-0.2, 0) is 19.3 Å². The smallest absolute Gasteiger partial charge is 0.331 e. The van der Waals surface area contributed by atoms with Crippen LogP contribution in [0.1, 0.15) is 12.8 Å². The fraction of sp³-hybridized carbons (Fsp3) is 0.222. The predicted molar refractivity (Wildman–Crippen MR) is 53.6 cm³/mol. The molecule has 0 radical (unpaired) electrons. The molecule has 0 rings (SSSR count). The Morgan fingerprint density at radius 1 is 1.24 bits per heavy atom. The Labute approximate surface area is 95.7 Å². The van der Waals surface area contributed by atoms with Crippen LogP contribution in [0.25, 0.3) is 0 Å². The molecule has 0 fully saturated rings. The summed E-state index contributed by atoms with van der Waals surface area (Å²) in [6, 6.07) is 0. The van der Waals surface area contributed by atoms with Gasteiger partial charge in [0.1, 0.15) is 6.42 Å². The van der Waals surface area contributed by atoms with Crippen LogP contribution in [0.15, 0.2) is 24.1 Å². The molecule has 0 heterocycles. The number of amides is 1. The van der Waals surface area contributed by atoms with Gasteiger partial charge in [-0.1, -0.05) is 6.58 Å². The van der Waals surface area contributed by atoms with Crippen molar-refractivity contribution in [2.24, 2.45) is 0 Å². The Bertz CT molecular complexity index is 372. The van der Waals surface area contributed by atoms with Crippen molar-refractivity contribution in [3.8, 4) is 0 Å². The highest BCUT2D eigenvalue weighted by Gasteiger charge is 2.10. The fourth-order valence-electron chi connectivity index (χ4n) is 0.740. The van der Waals surface area contributed by atoms with E-state index in [0.717, 1.165) is 6.20 Å². The maximum absolute atomic E-state index is 11.1. The van der Waals surface area contributed by atoms with Crippen LogP contribution in [0, 0.1) is 0 Å². The highest BCUT2D eigenvalue weighted by molar-refractivity contribution is 5.93. The topological polar surface area (TPSA) is 133 Å². The van der Waals surface area contributed by atoms with Crippen LogP contribution in [0.5, 0.6) is 0 Å². The number of carbonyl (C=O) groups is 3. The maximum atomic E-state index is 11.1. The van der Waals surface area contributed by atoms with Crippen molar-refractivity contribution < 1.29 is 34.7 Å². The lowest BCUT2D eigenvalue weighted by Crippen LogP contribution is -2.20. The van der Waals surface area contributed by atoms with E-state index in [2.05, 4.69) is 16.8 Å². The first-order valence-electron chi connectivity index (χ1n) is 4.29. The van der Waals surface area contributed by atoms with Gasteiger partial charge >= 0.3 is 11.9 Å². The zero-order valence-electron chi connectivity index (χ0n) is 8.67. The molecule has 0 aromatic heterocycles. The van der Waals surface area contributed by atoms with Crippen LogP contribution in [-0.4, -0.2) is 33.3 Å². The molecule has 0 saturated carbocycles. The molecular weight excluding hydrogens is 234 g/mol. The Morgan fingerprint density at radius 3 is 2.24 bits per heavy atom. The second-order valence-corrected chi connectivity index (χ2v) is 2.93. The number of hydrogen-bond donors (Lipinski definition) is 4. The third kappa shape index (κ3) is 6.68. The summed E-state index contributed by atoms with van der Waals surface area (Å²) < 4.78 is 0. The first-order chi connectivity index (χ1) is 7.86.